The van der Waals surface area contributed by atoms with Crippen LogP contribution in [0.15, 0.2) is 30.3 Å². The minimum absolute atomic E-state index is 0.0483. The van der Waals surface area contributed by atoms with Crippen molar-refractivity contribution in [1.82, 2.24) is 0 Å². The predicted octanol–water partition coefficient (Wildman–Crippen LogP) is 3.81. The Morgan fingerprint density at radius 2 is 1.86 bits per heavy atom. The van der Waals surface area contributed by atoms with Crippen LogP contribution in [0.3, 0.4) is 0 Å². The predicted molar refractivity (Wildman–Crippen MR) is 70.5 cm³/mol. The maximum atomic E-state index is 13.7. The first-order valence-corrected chi connectivity index (χ1v) is 6.00. The average Bonchev–Trinajstić information content (AvgIpc) is 2.43. The van der Waals surface area contributed by atoms with Crippen LogP contribution < -0.4 is 4.74 Å². The Hall–Kier alpha value is -2.25. The van der Waals surface area contributed by atoms with Gasteiger partial charge in [0.15, 0.2) is 17.4 Å². The molecule has 0 aliphatic carbocycles. The fraction of sp³-hybridized carbons (Fsp3) is 0.0769. The number of benzene rings is 2. The topological polar surface area (TPSA) is 72.6 Å². The number of aliphatic hydroxyl groups excluding tert-OH is 1. The molecule has 0 bridgehead atoms. The molecule has 0 saturated carbocycles. The van der Waals surface area contributed by atoms with Crippen molar-refractivity contribution >= 4 is 17.3 Å². The second-order valence-corrected chi connectivity index (χ2v) is 4.43. The highest BCUT2D eigenvalue weighted by Crippen LogP contribution is 2.35. The van der Waals surface area contributed by atoms with Crippen LogP contribution in [-0.4, -0.2) is 10.0 Å². The number of nitrogens with zero attached hydrogens (tertiary/aromatic N) is 1. The molecule has 0 amide bonds. The smallest absolute Gasteiger partial charge is 0.271 e. The van der Waals surface area contributed by atoms with Gasteiger partial charge in [0, 0.05) is 12.1 Å². The second-order valence-electron chi connectivity index (χ2n) is 4.02. The van der Waals surface area contributed by atoms with E-state index in [0.29, 0.717) is 0 Å². The van der Waals surface area contributed by atoms with Crippen LogP contribution in [0.2, 0.25) is 5.02 Å². The van der Waals surface area contributed by atoms with Gasteiger partial charge < -0.3 is 9.84 Å². The number of nitro groups is 1. The fourth-order valence-corrected chi connectivity index (χ4v) is 1.81. The van der Waals surface area contributed by atoms with E-state index in [2.05, 4.69) is 0 Å². The van der Waals surface area contributed by atoms with E-state index in [1.807, 2.05) is 0 Å². The lowest BCUT2D eigenvalue weighted by Gasteiger charge is -2.10. The van der Waals surface area contributed by atoms with Crippen molar-refractivity contribution < 1.29 is 23.5 Å². The summed E-state index contributed by atoms with van der Waals surface area (Å²) in [6.07, 6.45) is 0. The number of aliphatic hydroxyl groups is 1. The summed E-state index contributed by atoms with van der Waals surface area (Å²) in [7, 11) is 0. The summed E-state index contributed by atoms with van der Waals surface area (Å²) in [5.41, 5.74) is -0.226. The van der Waals surface area contributed by atoms with Gasteiger partial charge in [-0.1, -0.05) is 11.6 Å². The largest absolute Gasteiger partial charge is 0.450 e. The van der Waals surface area contributed by atoms with E-state index in [1.54, 1.807) is 0 Å². The molecule has 2 aromatic rings. The summed E-state index contributed by atoms with van der Waals surface area (Å²) in [6, 6.07) is 5.07. The Balaban J connectivity index is 2.37. The molecule has 0 saturated heterocycles. The number of halogens is 3. The van der Waals surface area contributed by atoms with Crippen LogP contribution in [0, 0.1) is 21.7 Å². The average molecular weight is 316 g/mol. The van der Waals surface area contributed by atoms with Gasteiger partial charge in [0.05, 0.1) is 16.6 Å². The van der Waals surface area contributed by atoms with Crippen LogP contribution in [0.25, 0.3) is 0 Å². The van der Waals surface area contributed by atoms with Gasteiger partial charge in [0.2, 0.25) is 0 Å². The molecule has 0 unspecified atom stereocenters. The molecule has 0 aliphatic heterocycles. The standard InChI is InChI=1S/C13H8ClF2NO4/c14-9-5-8(17(19)20)1-2-12(9)21-13-10(15)3-7(6-18)4-11(13)16/h1-5,18H,6H2. The van der Waals surface area contributed by atoms with Crippen LogP contribution in [-0.2, 0) is 6.61 Å². The first-order chi connectivity index (χ1) is 9.92. The number of hydrogen-bond donors (Lipinski definition) is 1. The summed E-state index contributed by atoms with van der Waals surface area (Å²) in [4.78, 5) is 9.90. The maximum absolute atomic E-state index is 13.7. The molecular formula is C13H8ClF2NO4. The van der Waals surface area contributed by atoms with E-state index in [1.165, 1.54) is 0 Å². The molecule has 0 aliphatic rings. The van der Waals surface area contributed by atoms with E-state index < -0.39 is 28.9 Å². The Morgan fingerprint density at radius 3 is 2.33 bits per heavy atom. The van der Waals surface area contributed by atoms with Crippen molar-refractivity contribution in [2.24, 2.45) is 0 Å². The first-order valence-electron chi connectivity index (χ1n) is 5.63. The fourth-order valence-electron chi connectivity index (χ4n) is 1.60. The molecule has 2 aromatic carbocycles. The quantitative estimate of drug-likeness (QED) is 0.688. The summed E-state index contributed by atoms with van der Waals surface area (Å²) >= 11 is 5.77. The van der Waals surface area contributed by atoms with E-state index in [-0.39, 0.29) is 22.0 Å². The van der Waals surface area contributed by atoms with Crippen molar-refractivity contribution in [3.8, 4) is 11.5 Å². The first kappa shape index (κ1) is 15.1. The molecule has 110 valence electrons. The van der Waals surface area contributed by atoms with Gasteiger partial charge in [-0.15, -0.1) is 0 Å². The molecule has 8 heteroatoms. The lowest BCUT2D eigenvalue weighted by atomic mass is 10.2. The zero-order valence-corrected chi connectivity index (χ0v) is 11.1. The van der Waals surface area contributed by atoms with Crippen LogP contribution >= 0.6 is 11.6 Å². The zero-order chi connectivity index (χ0) is 15.6. The molecule has 0 fully saturated rings. The number of hydrogen-bond acceptors (Lipinski definition) is 4. The summed E-state index contributed by atoms with van der Waals surface area (Å²) in [5.74, 6) is -2.87. The SMILES string of the molecule is O=[N+]([O-])c1ccc(Oc2c(F)cc(CO)cc2F)c(Cl)c1. The summed E-state index contributed by atoms with van der Waals surface area (Å²) in [6.45, 7) is -0.521. The molecule has 2 rings (SSSR count). The number of rotatable bonds is 4. The molecule has 21 heavy (non-hydrogen) atoms. The van der Waals surface area contributed by atoms with Gasteiger partial charge in [-0.25, -0.2) is 8.78 Å². The Labute approximate surface area is 122 Å². The molecule has 0 spiro atoms. The van der Waals surface area contributed by atoms with Gasteiger partial charge in [0.1, 0.15) is 5.75 Å². The van der Waals surface area contributed by atoms with Crippen molar-refractivity contribution in [3.05, 3.63) is 62.7 Å². The number of ether oxygens (including phenoxy) is 1. The Kier molecular flexibility index (Phi) is 4.35. The third kappa shape index (κ3) is 3.26. The second kappa shape index (κ2) is 6.02. The Bertz CT molecular complexity index is 686. The van der Waals surface area contributed by atoms with Gasteiger partial charge in [0.25, 0.3) is 5.69 Å². The van der Waals surface area contributed by atoms with Crippen LogP contribution in [0.4, 0.5) is 14.5 Å². The minimum Gasteiger partial charge on any atom is -0.450 e. The molecule has 1 N–H and O–H groups in total. The number of non-ortho nitro benzene ring substituents is 1. The summed E-state index contributed by atoms with van der Waals surface area (Å²) < 4.78 is 32.4. The van der Waals surface area contributed by atoms with Crippen LogP contribution in [0.5, 0.6) is 11.5 Å². The van der Waals surface area contributed by atoms with Crippen molar-refractivity contribution in [2.75, 3.05) is 0 Å². The third-order valence-corrected chi connectivity index (χ3v) is 2.87. The van der Waals surface area contributed by atoms with Crippen LogP contribution in [0.1, 0.15) is 5.56 Å². The lowest BCUT2D eigenvalue weighted by molar-refractivity contribution is -0.384. The molecular weight excluding hydrogens is 308 g/mol. The van der Waals surface area contributed by atoms with Gasteiger partial charge >= 0.3 is 0 Å². The molecule has 0 heterocycles. The van der Waals surface area contributed by atoms with Gasteiger partial charge in [-0.3, -0.25) is 10.1 Å². The van der Waals surface area contributed by atoms with E-state index in [4.69, 9.17) is 21.4 Å². The maximum Gasteiger partial charge on any atom is 0.271 e. The van der Waals surface area contributed by atoms with Crippen molar-refractivity contribution in [3.63, 3.8) is 0 Å². The normalized spacial score (nSPS) is 10.5. The highest BCUT2D eigenvalue weighted by molar-refractivity contribution is 6.32. The van der Waals surface area contributed by atoms with E-state index in [9.17, 15) is 18.9 Å². The Morgan fingerprint density at radius 1 is 1.24 bits per heavy atom. The van der Waals surface area contributed by atoms with Crippen molar-refractivity contribution in [1.29, 1.82) is 0 Å². The highest BCUT2D eigenvalue weighted by Gasteiger charge is 2.16. The highest BCUT2D eigenvalue weighted by atomic mass is 35.5. The lowest BCUT2D eigenvalue weighted by Crippen LogP contribution is -1.97. The molecule has 0 atom stereocenters. The van der Waals surface area contributed by atoms with E-state index in [0.717, 1.165) is 30.3 Å². The molecule has 0 radical (unpaired) electrons. The van der Waals surface area contributed by atoms with Crippen molar-refractivity contribution in [2.45, 2.75) is 6.61 Å². The monoisotopic (exact) mass is 315 g/mol. The number of nitro benzene ring substituents is 1. The third-order valence-electron chi connectivity index (χ3n) is 2.58. The summed E-state index contributed by atoms with van der Waals surface area (Å²) in [5, 5.41) is 19.2. The van der Waals surface area contributed by atoms with E-state index >= 15 is 0 Å². The van der Waals surface area contributed by atoms with Gasteiger partial charge in [-0.2, -0.15) is 0 Å². The zero-order valence-electron chi connectivity index (χ0n) is 10.3. The molecule has 5 nitrogen and oxygen atoms in total. The minimum atomic E-state index is -1.02. The van der Waals surface area contributed by atoms with Gasteiger partial charge in [-0.05, 0) is 23.8 Å². The molecule has 0 aromatic heterocycles.